The van der Waals surface area contributed by atoms with Crippen molar-refractivity contribution in [1.29, 1.82) is 0 Å². The number of carbonyl (C=O) groups excluding carboxylic acids is 2. The number of benzene rings is 1. The highest BCUT2D eigenvalue weighted by Gasteiger charge is 2.18. The molecule has 7 heteroatoms. The number of rotatable bonds is 3. The van der Waals surface area contributed by atoms with Crippen LogP contribution in [0.15, 0.2) is 12.1 Å². The summed E-state index contributed by atoms with van der Waals surface area (Å²) in [5, 5.41) is 0. The molecule has 0 fully saturated rings. The molecule has 0 saturated carbocycles. The highest BCUT2D eigenvalue weighted by molar-refractivity contribution is 6.34. The number of ether oxygens (including phenoxy) is 1. The summed E-state index contributed by atoms with van der Waals surface area (Å²) in [6.07, 6.45) is 0. The van der Waals surface area contributed by atoms with E-state index in [1.165, 1.54) is 14.2 Å². The molecule has 0 aliphatic rings. The standard InChI is InChI=1S/C11H12F2N2O3/c1-15(11(17)10(14)16)5-6-3-8(13)9(18-2)4-7(6)12/h3-4H,5H2,1-2H3,(H2,14,16). The van der Waals surface area contributed by atoms with Crippen LogP contribution in [0.3, 0.4) is 0 Å². The summed E-state index contributed by atoms with van der Waals surface area (Å²) in [5.74, 6) is -3.87. The quantitative estimate of drug-likeness (QED) is 0.798. The smallest absolute Gasteiger partial charge is 0.311 e. The van der Waals surface area contributed by atoms with Gasteiger partial charge in [0.05, 0.1) is 7.11 Å². The first-order valence-corrected chi connectivity index (χ1v) is 4.93. The minimum atomic E-state index is -1.16. The van der Waals surface area contributed by atoms with Gasteiger partial charge in [0.1, 0.15) is 5.82 Å². The monoisotopic (exact) mass is 258 g/mol. The van der Waals surface area contributed by atoms with Crippen LogP contribution in [0.4, 0.5) is 8.78 Å². The minimum absolute atomic E-state index is 0.0783. The Morgan fingerprint density at radius 3 is 2.44 bits per heavy atom. The van der Waals surface area contributed by atoms with E-state index in [-0.39, 0.29) is 17.9 Å². The van der Waals surface area contributed by atoms with Gasteiger partial charge in [-0.05, 0) is 6.07 Å². The van der Waals surface area contributed by atoms with E-state index in [9.17, 15) is 18.4 Å². The second kappa shape index (κ2) is 5.44. The van der Waals surface area contributed by atoms with E-state index in [0.717, 1.165) is 17.0 Å². The van der Waals surface area contributed by atoms with Gasteiger partial charge in [0.25, 0.3) is 0 Å². The SMILES string of the molecule is COc1cc(F)c(CN(C)C(=O)C(N)=O)cc1F. The normalized spacial score (nSPS) is 10.0. The van der Waals surface area contributed by atoms with Gasteiger partial charge in [-0.3, -0.25) is 9.59 Å². The van der Waals surface area contributed by atoms with Crippen molar-refractivity contribution < 1.29 is 23.1 Å². The van der Waals surface area contributed by atoms with Crippen LogP contribution in [0.1, 0.15) is 5.56 Å². The zero-order valence-electron chi connectivity index (χ0n) is 9.87. The van der Waals surface area contributed by atoms with Crippen molar-refractivity contribution in [3.05, 3.63) is 29.3 Å². The molecule has 0 spiro atoms. The lowest BCUT2D eigenvalue weighted by atomic mass is 10.2. The van der Waals surface area contributed by atoms with Gasteiger partial charge < -0.3 is 15.4 Å². The van der Waals surface area contributed by atoms with Crippen molar-refractivity contribution >= 4 is 11.8 Å². The van der Waals surface area contributed by atoms with Crippen LogP contribution in [0.25, 0.3) is 0 Å². The largest absolute Gasteiger partial charge is 0.494 e. The van der Waals surface area contributed by atoms with Crippen molar-refractivity contribution in [2.45, 2.75) is 6.54 Å². The van der Waals surface area contributed by atoms with E-state index < -0.39 is 23.4 Å². The third kappa shape index (κ3) is 2.93. The highest BCUT2D eigenvalue weighted by Crippen LogP contribution is 2.22. The maximum Gasteiger partial charge on any atom is 0.311 e. The molecule has 5 nitrogen and oxygen atoms in total. The molecule has 0 radical (unpaired) electrons. The van der Waals surface area contributed by atoms with Crippen LogP contribution in [0.2, 0.25) is 0 Å². The molecule has 2 amide bonds. The Balaban J connectivity index is 2.95. The Morgan fingerprint density at radius 1 is 1.33 bits per heavy atom. The fourth-order valence-electron chi connectivity index (χ4n) is 1.36. The van der Waals surface area contributed by atoms with Crippen LogP contribution in [0.5, 0.6) is 5.75 Å². The number of nitrogens with zero attached hydrogens (tertiary/aromatic N) is 1. The van der Waals surface area contributed by atoms with Crippen LogP contribution in [-0.4, -0.2) is 30.9 Å². The number of amides is 2. The Bertz CT molecular complexity index is 491. The molecule has 98 valence electrons. The van der Waals surface area contributed by atoms with Crippen molar-refractivity contribution in [2.24, 2.45) is 5.73 Å². The van der Waals surface area contributed by atoms with E-state index in [1.54, 1.807) is 0 Å². The number of hydrogen-bond acceptors (Lipinski definition) is 3. The van der Waals surface area contributed by atoms with Gasteiger partial charge in [-0.25, -0.2) is 8.78 Å². The fraction of sp³-hybridized carbons (Fsp3) is 0.273. The number of likely N-dealkylation sites (N-methyl/N-ethyl adjacent to an activating group) is 1. The first kappa shape index (κ1) is 13.9. The van der Waals surface area contributed by atoms with Crippen molar-refractivity contribution in [2.75, 3.05) is 14.2 Å². The van der Waals surface area contributed by atoms with E-state index >= 15 is 0 Å². The molecule has 0 aromatic heterocycles. The molecule has 0 aliphatic heterocycles. The van der Waals surface area contributed by atoms with Crippen LogP contribution < -0.4 is 10.5 Å². The van der Waals surface area contributed by atoms with Crippen LogP contribution in [0, 0.1) is 11.6 Å². The summed E-state index contributed by atoms with van der Waals surface area (Å²) in [4.78, 5) is 22.7. The highest BCUT2D eigenvalue weighted by atomic mass is 19.1. The molecule has 1 aromatic carbocycles. The summed E-state index contributed by atoms with van der Waals surface area (Å²) in [6, 6.07) is 1.77. The first-order valence-electron chi connectivity index (χ1n) is 4.93. The first-order chi connectivity index (χ1) is 8.36. The summed E-state index contributed by atoms with van der Waals surface area (Å²) in [5.41, 5.74) is 4.71. The maximum atomic E-state index is 13.5. The fourth-order valence-corrected chi connectivity index (χ4v) is 1.36. The third-order valence-electron chi connectivity index (χ3n) is 2.29. The molecular weight excluding hydrogens is 246 g/mol. The Labute approximate surface area is 102 Å². The predicted molar refractivity (Wildman–Crippen MR) is 58.6 cm³/mol. The molecule has 18 heavy (non-hydrogen) atoms. The summed E-state index contributed by atoms with van der Waals surface area (Å²) >= 11 is 0. The molecule has 0 heterocycles. The third-order valence-corrected chi connectivity index (χ3v) is 2.29. The predicted octanol–water partition coefficient (Wildman–Crippen LogP) is 0.417. The zero-order valence-corrected chi connectivity index (χ0v) is 9.87. The molecule has 0 atom stereocenters. The molecule has 2 N–H and O–H groups in total. The number of methoxy groups -OCH3 is 1. The number of primary amides is 1. The molecule has 0 unspecified atom stereocenters. The van der Waals surface area contributed by atoms with Crippen molar-refractivity contribution in [1.82, 2.24) is 4.90 Å². The Kier molecular flexibility index (Phi) is 4.19. The molecule has 1 aromatic rings. The van der Waals surface area contributed by atoms with Crippen molar-refractivity contribution in [3.8, 4) is 5.75 Å². The molecule has 1 rings (SSSR count). The number of nitrogens with two attached hydrogens (primary N) is 1. The molecule has 0 bridgehead atoms. The number of carbonyl (C=O) groups is 2. The van der Waals surface area contributed by atoms with Gasteiger partial charge in [-0.15, -0.1) is 0 Å². The van der Waals surface area contributed by atoms with Crippen molar-refractivity contribution in [3.63, 3.8) is 0 Å². The minimum Gasteiger partial charge on any atom is -0.494 e. The van der Waals surface area contributed by atoms with E-state index in [2.05, 4.69) is 4.74 Å². The maximum absolute atomic E-state index is 13.5. The topological polar surface area (TPSA) is 72.6 Å². The molecule has 0 aliphatic carbocycles. The number of hydrogen-bond donors (Lipinski definition) is 1. The molecular formula is C11H12F2N2O3. The van der Waals surface area contributed by atoms with E-state index in [4.69, 9.17) is 5.73 Å². The second-order valence-corrected chi connectivity index (χ2v) is 3.60. The second-order valence-electron chi connectivity index (χ2n) is 3.60. The average Bonchev–Trinajstić information content (AvgIpc) is 2.32. The average molecular weight is 258 g/mol. The summed E-state index contributed by atoms with van der Waals surface area (Å²) in [7, 11) is 2.47. The van der Waals surface area contributed by atoms with Crippen LogP contribution in [-0.2, 0) is 16.1 Å². The van der Waals surface area contributed by atoms with Gasteiger partial charge in [0.2, 0.25) is 0 Å². The lowest BCUT2D eigenvalue weighted by Crippen LogP contribution is -2.37. The molecule has 0 saturated heterocycles. The Morgan fingerprint density at radius 2 is 1.94 bits per heavy atom. The van der Waals surface area contributed by atoms with Gasteiger partial charge >= 0.3 is 11.8 Å². The lowest BCUT2D eigenvalue weighted by Gasteiger charge is -2.16. The van der Waals surface area contributed by atoms with Gasteiger partial charge in [-0.2, -0.15) is 0 Å². The van der Waals surface area contributed by atoms with E-state index in [1.807, 2.05) is 0 Å². The van der Waals surface area contributed by atoms with Gasteiger partial charge in [-0.1, -0.05) is 0 Å². The summed E-state index contributed by atoms with van der Waals surface area (Å²) < 4.78 is 31.5. The number of halogens is 2. The summed E-state index contributed by atoms with van der Waals surface area (Å²) in [6.45, 7) is -0.269. The van der Waals surface area contributed by atoms with Gasteiger partial charge in [0, 0.05) is 25.2 Å². The van der Waals surface area contributed by atoms with Gasteiger partial charge in [0.15, 0.2) is 11.6 Å². The zero-order chi connectivity index (χ0) is 13.9. The van der Waals surface area contributed by atoms with E-state index in [0.29, 0.717) is 0 Å². The Hall–Kier alpha value is -2.18. The van der Waals surface area contributed by atoms with Crippen LogP contribution >= 0.6 is 0 Å². The lowest BCUT2D eigenvalue weighted by molar-refractivity contribution is -0.143.